The van der Waals surface area contributed by atoms with E-state index in [1.807, 2.05) is 0 Å². The Labute approximate surface area is 229 Å². The minimum atomic E-state index is -5.14. The van der Waals surface area contributed by atoms with E-state index in [-0.39, 0.29) is 19.0 Å². The van der Waals surface area contributed by atoms with Crippen LogP contribution in [0.15, 0.2) is 42.5 Å². The van der Waals surface area contributed by atoms with Crippen LogP contribution in [0.2, 0.25) is 0 Å². The lowest BCUT2D eigenvalue weighted by Gasteiger charge is -2.28. The van der Waals surface area contributed by atoms with E-state index >= 15 is 0 Å². The topological polar surface area (TPSA) is 107 Å². The predicted octanol–water partition coefficient (Wildman–Crippen LogP) is 4.74. The quantitative estimate of drug-likeness (QED) is 0.254. The first-order valence-corrected chi connectivity index (χ1v) is 15.3. The number of amides is 1. The molecule has 0 radical (unpaired) electrons. The fraction of sp³-hybridized carbons (Fsp3) is 0.409. The van der Waals surface area contributed by atoms with Gasteiger partial charge in [0.1, 0.15) is 18.1 Å². The van der Waals surface area contributed by atoms with Gasteiger partial charge in [-0.2, -0.15) is 34.8 Å². The highest BCUT2D eigenvalue weighted by Crippen LogP contribution is 2.39. The van der Waals surface area contributed by atoms with Crippen molar-refractivity contribution in [2.24, 2.45) is 0 Å². The summed E-state index contributed by atoms with van der Waals surface area (Å²) in [7, 11) is -2.54. The number of nitrogens with zero attached hydrogens (tertiary/aromatic N) is 1. The Hall–Kier alpha value is -2.47. The van der Waals surface area contributed by atoms with E-state index in [0.29, 0.717) is 17.7 Å². The molecule has 1 atom stereocenters. The predicted molar refractivity (Wildman–Crippen MR) is 128 cm³/mol. The molecule has 0 N–H and O–H groups in total. The molecular formula is C22H21ClF7NO7S2. The molecule has 0 aliphatic carbocycles. The third-order valence-electron chi connectivity index (χ3n) is 5.24. The zero-order chi connectivity index (χ0) is 30.7. The average molecular weight is 644 g/mol. The maximum absolute atomic E-state index is 13.4. The summed E-state index contributed by atoms with van der Waals surface area (Å²) in [6.45, 7) is -1.32. The molecule has 8 nitrogen and oxygen atoms in total. The Morgan fingerprint density at radius 2 is 1.45 bits per heavy atom. The Kier molecular flexibility index (Phi) is 10.3. The van der Waals surface area contributed by atoms with Gasteiger partial charge >= 0.3 is 12.4 Å². The molecule has 1 fully saturated rings. The largest absolute Gasteiger partial charge is 0.416 e. The summed E-state index contributed by atoms with van der Waals surface area (Å²) in [5.41, 5.74) is -5.32. The molecule has 1 saturated heterocycles. The SMILES string of the molecule is CS(=O)(=O)Cl.CS(=O)(=O)OCC[C@@]1(c2ccc(F)cc2)CN(C(=O)c2cc(C(F)(F)F)cc(C(F)(F)F)c2)CO1. The van der Waals surface area contributed by atoms with Crippen LogP contribution in [0.1, 0.15) is 33.5 Å². The van der Waals surface area contributed by atoms with Gasteiger partial charge in [-0.15, -0.1) is 0 Å². The summed E-state index contributed by atoms with van der Waals surface area (Å²) in [5.74, 6) is -1.78. The molecule has 3 rings (SSSR count). The first-order chi connectivity index (χ1) is 18.0. The summed E-state index contributed by atoms with van der Waals surface area (Å²) < 4.78 is 144. The van der Waals surface area contributed by atoms with Crippen molar-refractivity contribution in [3.05, 3.63) is 70.5 Å². The summed E-state index contributed by atoms with van der Waals surface area (Å²) >= 11 is 0. The lowest BCUT2D eigenvalue weighted by atomic mass is 9.90. The second-order valence-corrected chi connectivity index (χ2v) is 13.2. The van der Waals surface area contributed by atoms with Crippen LogP contribution in [0.4, 0.5) is 30.7 Å². The Morgan fingerprint density at radius 1 is 0.975 bits per heavy atom. The Morgan fingerprint density at radius 3 is 1.88 bits per heavy atom. The highest BCUT2D eigenvalue weighted by molar-refractivity contribution is 8.13. The lowest BCUT2D eigenvalue weighted by Crippen LogP contribution is -2.36. The fourth-order valence-corrected chi connectivity index (χ4v) is 3.96. The summed E-state index contributed by atoms with van der Waals surface area (Å²) in [6, 6.07) is 5.27. The summed E-state index contributed by atoms with van der Waals surface area (Å²) in [6.07, 6.45) is -8.73. The van der Waals surface area contributed by atoms with Gasteiger partial charge in [0.2, 0.25) is 9.05 Å². The van der Waals surface area contributed by atoms with Gasteiger partial charge in [0.25, 0.3) is 16.0 Å². The number of ether oxygens (including phenoxy) is 1. The molecule has 1 aliphatic rings. The number of carbonyl (C=O) groups is 1. The molecule has 18 heteroatoms. The minimum absolute atomic E-state index is 0.0946. The van der Waals surface area contributed by atoms with Gasteiger partial charge in [-0.1, -0.05) is 12.1 Å². The number of rotatable bonds is 6. The zero-order valence-corrected chi connectivity index (χ0v) is 22.9. The molecule has 2 aromatic carbocycles. The van der Waals surface area contributed by atoms with E-state index in [0.717, 1.165) is 29.5 Å². The van der Waals surface area contributed by atoms with Crippen LogP contribution >= 0.6 is 10.7 Å². The van der Waals surface area contributed by atoms with Crippen LogP contribution in [0, 0.1) is 5.82 Å². The van der Waals surface area contributed by atoms with Crippen LogP contribution in [-0.2, 0) is 46.0 Å². The zero-order valence-electron chi connectivity index (χ0n) is 20.5. The third-order valence-corrected chi connectivity index (χ3v) is 5.83. The molecule has 1 aliphatic heterocycles. The van der Waals surface area contributed by atoms with E-state index < -0.39 is 78.9 Å². The second-order valence-electron chi connectivity index (χ2n) is 8.53. The smallest absolute Gasteiger partial charge is 0.348 e. The molecule has 0 aromatic heterocycles. The van der Waals surface area contributed by atoms with Crippen molar-refractivity contribution < 1.29 is 61.3 Å². The number of hydrogen-bond acceptors (Lipinski definition) is 7. The Bertz CT molecular complexity index is 1390. The molecule has 40 heavy (non-hydrogen) atoms. The molecule has 0 bridgehead atoms. The molecule has 1 heterocycles. The van der Waals surface area contributed by atoms with Gasteiger partial charge in [-0.05, 0) is 35.9 Å². The third kappa shape index (κ3) is 10.2. The molecule has 1 amide bonds. The van der Waals surface area contributed by atoms with E-state index in [1.54, 1.807) is 0 Å². The molecule has 2 aromatic rings. The average Bonchev–Trinajstić information content (AvgIpc) is 3.21. The molecule has 0 saturated carbocycles. The molecule has 224 valence electrons. The van der Waals surface area contributed by atoms with E-state index in [1.165, 1.54) is 12.1 Å². The second kappa shape index (κ2) is 12.2. The molecule has 0 unspecified atom stereocenters. The van der Waals surface area contributed by atoms with Gasteiger partial charge in [-0.3, -0.25) is 8.98 Å². The first-order valence-electron chi connectivity index (χ1n) is 10.7. The van der Waals surface area contributed by atoms with Crippen molar-refractivity contribution in [1.82, 2.24) is 4.90 Å². The Balaban J connectivity index is 0.00000103. The van der Waals surface area contributed by atoms with E-state index in [9.17, 15) is 52.4 Å². The highest BCUT2D eigenvalue weighted by Gasteiger charge is 2.44. The molecular weight excluding hydrogens is 623 g/mol. The maximum atomic E-state index is 13.4. The lowest BCUT2D eigenvalue weighted by molar-refractivity contribution is -0.143. The summed E-state index contributed by atoms with van der Waals surface area (Å²) in [4.78, 5) is 13.8. The maximum Gasteiger partial charge on any atom is 0.416 e. The van der Waals surface area contributed by atoms with E-state index in [4.69, 9.17) is 8.92 Å². The van der Waals surface area contributed by atoms with Crippen LogP contribution in [0.25, 0.3) is 0 Å². The first kappa shape index (κ1) is 33.7. The van der Waals surface area contributed by atoms with Crippen LogP contribution in [0.3, 0.4) is 0 Å². The van der Waals surface area contributed by atoms with Crippen LogP contribution in [0.5, 0.6) is 0 Å². The number of halogens is 8. The van der Waals surface area contributed by atoms with Crippen molar-refractivity contribution in [2.45, 2.75) is 24.4 Å². The number of hydrogen-bond donors (Lipinski definition) is 0. The normalized spacial score (nSPS) is 18.3. The van der Waals surface area contributed by atoms with Gasteiger partial charge < -0.3 is 9.64 Å². The van der Waals surface area contributed by atoms with Gasteiger partial charge in [-0.25, -0.2) is 12.8 Å². The number of alkyl halides is 6. The fourth-order valence-electron chi connectivity index (χ4n) is 3.57. The van der Waals surface area contributed by atoms with Gasteiger partial charge in [0.05, 0.1) is 36.8 Å². The van der Waals surface area contributed by atoms with Crippen molar-refractivity contribution in [1.29, 1.82) is 0 Å². The monoisotopic (exact) mass is 643 g/mol. The van der Waals surface area contributed by atoms with E-state index in [2.05, 4.69) is 10.7 Å². The van der Waals surface area contributed by atoms with Gasteiger partial charge in [0, 0.05) is 22.7 Å². The number of carbonyl (C=O) groups excluding carboxylic acids is 1. The van der Waals surface area contributed by atoms with Crippen molar-refractivity contribution in [2.75, 3.05) is 32.4 Å². The van der Waals surface area contributed by atoms with Crippen LogP contribution < -0.4 is 0 Å². The van der Waals surface area contributed by atoms with Crippen molar-refractivity contribution >= 4 is 35.8 Å². The minimum Gasteiger partial charge on any atom is -0.348 e. The highest BCUT2D eigenvalue weighted by atomic mass is 35.7. The standard InChI is InChI=1S/C21H18F7NO5S.CH3ClO2S/c1-35(31,32)34-7-6-19(14-2-4-17(22)5-3-14)11-29(12-33-19)18(30)13-8-15(20(23,24)25)10-16(9-13)21(26,27)28;1-5(2,3)4/h2-5,8-10H,6-7,11-12H2,1H3;1H3/t19-;/m0./s1. The van der Waals surface area contributed by atoms with Crippen molar-refractivity contribution in [3.8, 4) is 0 Å². The van der Waals surface area contributed by atoms with Crippen LogP contribution in [-0.4, -0.2) is 60.0 Å². The summed E-state index contributed by atoms with van der Waals surface area (Å²) in [5, 5.41) is 0. The van der Waals surface area contributed by atoms with Gasteiger partial charge in [0.15, 0.2) is 0 Å². The molecule has 0 spiro atoms. The number of benzene rings is 2. The van der Waals surface area contributed by atoms with Crippen molar-refractivity contribution in [3.63, 3.8) is 0 Å².